The van der Waals surface area contributed by atoms with E-state index < -0.39 is 0 Å². The van der Waals surface area contributed by atoms with E-state index in [1.807, 2.05) is 59.1 Å². The first-order valence-electron chi connectivity index (χ1n) is 10.1. The predicted molar refractivity (Wildman–Crippen MR) is 114 cm³/mol. The fraction of sp³-hybridized carbons (Fsp3) is 0.391. The number of para-hydroxylation sites is 1. The number of benzene rings is 2. The lowest BCUT2D eigenvalue weighted by Crippen LogP contribution is -2.24. The molecule has 1 saturated carbocycles. The number of likely N-dealkylation sites (tertiary alicyclic amines) is 1. The molecule has 1 saturated heterocycles. The van der Waals surface area contributed by atoms with Gasteiger partial charge in [-0.05, 0) is 49.1 Å². The maximum absolute atomic E-state index is 12.9. The molecule has 2 aromatic carbocycles. The zero-order chi connectivity index (χ0) is 19.3. The molecule has 28 heavy (non-hydrogen) atoms. The average Bonchev–Trinajstić information content (AvgIpc) is 3.36. The van der Waals surface area contributed by atoms with Crippen LogP contribution in [0.2, 0.25) is 0 Å². The van der Waals surface area contributed by atoms with Crippen LogP contribution in [0.5, 0.6) is 0 Å². The van der Waals surface area contributed by atoms with Gasteiger partial charge in [-0.3, -0.25) is 9.59 Å². The lowest BCUT2D eigenvalue weighted by Gasteiger charge is -2.16. The van der Waals surface area contributed by atoms with Gasteiger partial charge >= 0.3 is 0 Å². The molecule has 0 spiro atoms. The SMILES string of the molecule is O=C(Nc1ccccc1SC1CCCC1)c1cccc(CN2CCCC2=O)c1. The Bertz CT molecular complexity index is 861. The Morgan fingerprint density at radius 2 is 1.89 bits per heavy atom. The summed E-state index contributed by atoms with van der Waals surface area (Å²) >= 11 is 1.88. The summed E-state index contributed by atoms with van der Waals surface area (Å²) in [5.41, 5.74) is 2.51. The maximum atomic E-state index is 12.9. The summed E-state index contributed by atoms with van der Waals surface area (Å²) in [7, 11) is 0. The van der Waals surface area contributed by atoms with Crippen LogP contribution in [0.3, 0.4) is 0 Å². The van der Waals surface area contributed by atoms with Crippen LogP contribution in [0.1, 0.15) is 54.4 Å². The highest BCUT2D eigenvalue weighted by Gasteiger charge is 2.21. The largest absolute Gasteiger partial charge is 0.338 e. The van der Waals surface area contributed by atoms with Crippen molar-refractivity contribution in [1.82, 2.24) is 4.90 Å². The summed E-state index contributed by atoms with van der Waals surface area (Å²) in [4.78, 5) is 27.7. The maximum Gasteiger partial charge on any atom is 0.255 e. The lowest BCUT2D eigenvalue weighted by molar-refractivity contribution is -0.128. The number of rotatable bonds is 6. The van der Waals surface area contributed by atoms with Crippen LogP contribution in [-0.2, 0) is 11.3 Å². The van der Waals surface area contributed by atoms with E-state index in [-0.39, 0.29) is 11.8 Å². The van der Waals surface area contributed by atoms with Gasteiger partial charge in [-0.15, -0.1) is 11.8 Å². The second-order valence-corrected chi connectivity index (χ2v) is 8.94. The molecule has 4 rings (SSSR count). The van der Waals surface area contributed by atoms with Gasteiger partial charge in [0, 0.05) is 35.2 Å². The van der Waals surface area contributed by atoms with Crippen LogP contribution in [0.15, 0.2) is 53.4 Å². The number of hydrogen-bond donors (Lipinski definition) is 1. The van der Waals surface area contributed by atoms with E-state index in [1.165, 1.54) is 25.7 Å². The van der Waals surface area contributed by atoms with E-state index in [9.17, 15) is 9.59 Å². The van der Waals surface area contributed by atoms with Gasteiger partial charge in [0.25, 0.3) is 5.91 Å². The lowest BCUT2D eigenvalue weighted by atomic mass is 10.1. The molecule has 0 atom stereocenters. The van der Waals surface area contributed by atoms with Crippen LogP contribution in [0.25, 0.3) is 0 Å². The molecule has 0 radical (unpaired) electrons. The highest BCUT2D eigenvalue weighted by molar-refractivity contribution is 8.00. The van der Waals surface area contributed by atoms with Gasteiger partial charge in [0.1, 0.15) is 0 Å². The molecule has 146 valence electrons. The number of hydrogen-bond acceptors (Lipinski definition) is 3. The van der Waals surface area contributed by atoms with Crippen molar-refractivity contribution in [3.63, 3.8) is 0 Å². The van der Waals surface area contributed by atoms with Crippen molar-refractivity contribution in [3.8, 4) is 0 Å². The summed E-state index contributed by atoms with van der Waals surface area (Å²) in [6, 6.07) is 15.7. The second-order valence-electron chi connectivity index (χ2n) is 7.59. The minimum atomic E-state index is -0.103. The fourth-order valence-electron chi connectivity index (χ4n) is 3.96. The minimum Gasteiger partial charge on any atom is -0.338 e. The number of nitrogens with one attached hydrogen (secondary N) is 1. The number of thioether (sulfide) groups is 1. The van der Waals surface area contributed by atoms with Crippen molar-refractivity contribution in [3.05, 3.63) is 59.7 Å². The number of carbonyl (C=O) groups excluding carboxylic acids is 2. The van der Waals surface area contributed by atoms with Gasteiger partial charge in [0.15, 0.2) is 0 Å². The minimum absolute atomic E-state index is 0.103. The van der Waals surface area contributed by atoms with Crippen molar-refractivity contribution in [1.29, 1.82) is 0 Å². The topological polar surface area (TPSA) is 49.4 Å². The zero-order valence-corrected chi connectivity index (χ0v) is 16.8. The summed E-state index contributed by atoms with van der Waals surface area (Å²) in [5.74, 6) is 0.0989. The van der Waals surface area contributed by atoms with Gasteiger partial charge < -0.3 is 10.2 Å². The van der Waals surface area contributed by atoms with Crippen LogP contribution in [-0.4, -0.2) is 28.5 Å². The molecule has 2 amide bonds. The van der Waals surface area contributed by atoms with Crippen molar-refractivity contribution < 1.29 is 9.59 Å². The quantitative estimate of drug-likeness (QED) is 0.742. The third-order valence-corrected chi connectivity index (χ3v) is 6.88. The third kappa shape index (κ3) is 4.58. The van der Waals surface area contributed by atoms with E-state index in [0.717, 1.165) is 29.1 Å². The molecule has 0 unspecified atom stereocenters. The van der Waals surface area contributed by atoms with E-state index in [2.05, 4.69) is 11.4 Å². The molecule has 1 aliphatic carbocycles. The Hall–Kier alpha value is -2.27. The molecule has 0 bridgehead atoms. The van der Waals surface area contributed by atoms with E-state index in [1.54, 1.807) is 0 Å². The molecule has 5 heteroatoms. The fourth-order valence-corrected chi connectivity index (χ4v) is 5.29. The molecular weight excluding hydrogens is 368 g/mol. The van der Waals surface area contributed by atoms with E-state index in [4.69, 9.17) is 0 Å². The smallest absolute Gasteiger partial charge is 0.255 e. The monoisotopic (exact) mass is 394 g/mol. The first-order chi connectivity index (χ1) is 13.7. The van der Waals surface area contributed by atoms with Crippen molar-refractivity contribution in [2.75, 3.05) is 11.9 Å². The first kappa shape index (κ1) is 19.1. The van der Waals surface area contributed by atoms with E-state index in [0.29, 0.717) is 23.8 Å². The van der Waals surface area contributed by atoms with Gasteiger partial charge in [0.2, 0.25) is 5.91 Å². The average molecular weight is 395 g/mol. The number of nitrogens with zero attached hydrogens (tertiary/aromatic N) is 1. The van der Waals surface area contributed by atoms with Gasteiger partial charge in [-0.25, -0.2) is 0 Å². The Labute approximate surface area is 170 Å². The Morgan fingerprint density at radius 1 is 1.07 bits per heavy atom. The first-order valence-corrected chi connectivity index (χ1v) is 11.0. The molecule has 2 aliphatic rings. The highest BCUT2D eigenvalue weighted by Crippen LogP contribution is 2.38. The molecule has 0 aromatic heterocycles. The van der Waals surface area contributed by atoms with Gasteiger partial charge in [-0.1, -0.05) is 37.1 Å². The molecule has 4 nitrogen and oxygen atoms in total. The zero-order valence-electron chi connectivity index (χ0n) is 16.0. The number of anilines is 1. The molecule has 1 aliphatic heterocycles. The van der Waals surface area contributed by atoms with Crippen molar-refractivity contribution in [2.45, 2.75) is 55.2 Å². The normalized spacial score (nSPS) is 17.3. The van der Waals surface area contributed by atoms with Crippen LogP contribution in [0, 0.1) is 0 Å². The molecular formula is C23H26N2O2S. The Balaban J connectivity index is 1.45. The Kier molecular flexibility index (Phi) is 6.01. The molecule has 1 N–H and O–H groups in total. The summed E-state index contributed by atoms with van der Waals surface area (Å²) in [6.45, 7) is 1.38. The second kappa shape index (κ2) is 8.82. The number of amides is 2. The van der Waals surface area contributed by atoms with Crippen LogP contribution < -0.4 is 5.32 Å². The third-order valence-electron chi connectivity index (χ3n) is 5.47. The predicted octanol–water partition coefficient (Wildman–Crippen LogP) is 5.10. The molecule has 1 heterocycles. The van der Waals surface area contributed by atoms with Gasteiger partial charge in [0.05, 0.1) is 5.69 Å². The summed E-state index contributed by atoms with van der Waals surface area (Å²) < 4.78 is 0. The Morgan fingerprint density at radius 3 is 2.68 bits per heavy atom. The molecule has 2 fully saturated rings. The van der Waals surface area contributed by atoms with Crippen molar-refractivity contribution >= 4 is 29.3 Å². The summed E-state index contributed by atoms with van der Waals surface area (Å²) in [5, 5.41) is 3.74. The molecule has 2 aromatic rings. The van der Waals surface area contributed by atoms with Crippen LogP contribution >= 0.6 is 11.8 Å². The van der Waals surface area contributed by atoms with Crippen molar-refractivity contribution in [2.24, 2.45) is 0 Å². The highest BCUT2D eigenvalue weighted by atomic mass is 32.2. The summed E-state index contributed by atoms with van der Waals surface area (Å²) in [6.07, 6.45) is 6.68. The van der Waals surface area contributed by atoms with Gasteiger partial charge in [-0.2, -0.15) is 0 Å². The van der Waals surface area contributed by atoms with E-state index >= 15 is 0 Å². The number of carbonyl (C=O) groups is 2. The van der Waals surface area contributed by atoms with Crippen LogP contribution in [0.4, 0.5) is 5.69 Å². The standard InChI is InChI=1S/C23H26N2O2S/c26-22-13-6-14-25(22)16-17-7-5-8-18(15-17)23(27)24-20-11-3-4-12-21(20)28-19-9-1-2-10-19/h3-5,7-8,11-12,15,19H,1-2,6,9-10,13-14,16H2,(H,24,27).